The Morgan fingerprint density at radius 2 is 1.31 bits per heavy atom. The molecule has 0 bridgehead atoms. The Kier molecular flexibility index (Phi) is 6.88. The van der Waals surface area contributed by atoms with Crippen LogP contribution in [0.1, 0.15) is 30.4 Å². The van der Waals surface area contributed by atoms with E-state index in [9.17, 15) is 0 Å². The molecule has 0 saturated carbocycles. The molecule has 0 fully saturated rings. The van der Waals surface area contributed by atoms with Crippen LogP contribution in [0, 0.1) is 0 Å². The molecule has 0 aromatic heterocycles. The second-order valence-corrected chi connectivity index (χ2v) is 9.72. The van der Waals surface area contributed by atoms with E-state index in [0.717, 1.165) is 11.4 Å². The average molecular weight is 476 g/mol. The molecule has 2 heteroatoms. The topological polar surface area (TPSA) is 3.24 Å². The van der Waals surface area contributed by atoms with Gasteiger partial charge >= 0.3 is 0 Å². The van der Waals surface area contributed by atoms with E-state index in [1.165, 1.54) is 38.4 Å². The SMILES string of the molecule is C[C@@H]([C@@H](C/C=C/c1ccc2ccccc2c1)c1ccc(Cl)cc1)N(C)c1ccc2ccccc2c1. The molecule has 0 aliphatic carbocycles. The molecule has 5 aromatic carbocycles. The third-order valence-corrected chi connectivity index (χ3v) is 7.36. The van der Waals surface area contributed by atoms with Crippen molar-refractivity contribution in [3.8, 4) is 0 Å². The first-order valence-corrected chi connectivity index (χ1v) is 12.6. The molecule has 0 unspecified atom stereocenters. The number of allylic oxidation sites excluding steroid dienone is 1. The van der Waals surface area contributed by atoms with Gasteiger partial charge < -0.3 is 4.90 Å². The van der Waals surface area contributed by atoms with E-state index < -0.39 is 0 Å². The van der Waals surface area contributed by atoms with E-state index >= 15 is 0 Å². The van der Waals surface area contributed by atoms with Crippen LogP contribution in [0.5, 0.6) is 0 Å². The molecule has 5 rings (SSSR count). The van der Waals surface area contributed by atoms with Gasteiger partial charge in [-0.3, -0.25) is 0 Å². The van der Waals surface area contributed by atoms with E-state index in [0.29, 0.717) is 12.0 Å². The van der Waals surface area contributed by atoms with Gasteiger partial charge in [0, 0.05) is 29.7 Å². The molecule has 0 spiro atoms. The number of nitrogens with zero attached hydrogens (tertiary/aromatic N) is 1. The van der Waals surface area contributed by atoms with Crippen molar-refractivity contribution in [1.82, 2.24) is 0 Å². The predicted octanol–water partition coefficient (Wildman–Crippen LogP) is 9.36. The summed E-state index contributed by atoms with van der Waals surface area (Å²) in [6.07, 6.45) is 5.50. The maximum atomic E-state index is 6.22. The first-order valence-electron chi connectivity index (χ1n) is 12.2. The standard InChI is InChI=1S/C33H30ClN/c1-24(35(2)32-21-18-27-10-4-6-12-30(27)23-32)33(28-16-19-31(34)20-17-28)13-7-8-25-14-15-26-9-3-5-11-29(26)22-25/h3-12,14-24,33H,13H2,1-2H3/b8-7+/t24-,33+/m0/s1. The van der Waals surface area contributed by atoms with Crippen molar-refractivity contribution in [3.05, 3.63) is 131 Å². The summed E-state index contributed by atoms with van der Waals surface area (Å²) in [4.78, 5) is 2.40. The lowest BCUT2D eigenvalue weighted by Gasteiger charge is -2.34. The van der Waals surface area contributed by atoms with Crippen LogP contribution in [0.2, 0.25) is 5.02 Å². The molecular formula is C33H30ClN. The Balaban J connectivity index is 1.41. The van der Waals surface area contributed by atoms with E-state index in [2.05, 4.69) is 128 Å². The molecule has 0 aliphatic rings. The number of benzene rings is 5. The monoisotopic (exact) mass is 475 g/mol. The highest BCUT2D eigenvalue weighted by molar-refractivity contribution is 6.30. The van der Waals surface area contributed by atoms with E-state index in [1.54, 1.807) is 0 Å². The zero-order valence-corrected chi connectivity index (χ0v) is 21.0. The zero-order chi connectivity index (χ0) is 24.2. The maximum absolute atomic E-state index is 6.22. The highest BCUT2D eigenvalue weighted by Gasteiger charge is 2.22. The molecule has 0 radical (unpaired) electrons. The molecule has 0 heterocycles. The van der Waals surface area contributed by atoms with E-state index in [1.807, 2.05) is 12.1 Å². The van der Waals surface area contributed by atoms with Crippen molar-refractivity contribution in [2.75, 3.05) is 11.9 Å². The number of hydrogen-bond donors (Lipinski definition) is 0. The van der Waals surface area contributed by atoms with Gasteiger partial charge in [-0.25, -0.2) is 0 Å². The van der Waals surface area contributed by atoms with Gasteiger partial charge in [0.25, 0.3) is 0 Å². The minimum Gasteiger partial charge on any atom is -0.371 e. The second-order valence-electron chi connectivity index (χ2n) is 9.29. The fourth-order valence-electron chi connectivity index (χ4n) is 4.88. The largest absolute Gasteiger partial charge is 0.371 e. The van der Waals surface area contributed by atoms with Gasteiger partial charge in [0.05, 0.1) is 0 Å². The average Bonchev–Trinajstić information content (AvgIpc) is 2.90. The molecular weight excluding hydrogens is 446 g/mol. The lowest BCUT2D eigenvalue weighted by molar-refractivity contribution is 0.548. The van der Waals surface area contributed by atoms with Crippen molar-refractivity contribution in [1.29, 1.82) is 0 Å². The van der Waals surface area contributed by atoms with Crippen molar-refractivity contribution in [3.63, 3.8) is 0 Å². The number of fused-ring (bicyclic) bond motifs is 2. The van der Waals surface area contributed by atoms with Crippen LogP contribution in [-0.4, -0.2) is 13.1 Å². The smallest absolute Gasteiger partial charge is 0.0406 e. The van der Waals surface area contributed by atoms with E-state index in [4.69, 9.17) is 11.6 Å². The first kappa shape index (κ1) is 23.2. The summed E-state index contributed by atoms with van der Waals surface area (Å²) in [7, 11) is 2.20. The minimum absolute atomic E-state index is 0.290. The molecule has 0 aliphatic heterocycles. The van der Waals surface area contributed by atoms with E-state index in [-0.39, 0.29) is 0 Å². The molecule has 0 N–H and O–H groups in total. The molecule has 174 valence electrons. The van der Waals surface area contributed by atoms with Crippen LogP contribution in [-0.2, 0) is 0 Å². The van der Waals surface area contributed by atoms with Gasteiger partial charge in [-0.05, 0) is 76.3 Å². The molecule has 0 saturated heterocycles. The number of rotatable bonds is 7. The van der Waals surface area contributed by atoms with Crippen molar-refractivity contribution in [2.45, 2.75) is 25.3 Å². The predicted molar refractivity (Wildman–Crippen MR) is 154 cm³/mol. The molecule has 1 nitrogen and oxygen atoms in total. The maximum Gasteiger partial charge on any atom is 0.0406 e. The third-order valence-electron chi connectivity index (χ3n) is 7.11. The summed E-state index contributed by atoms with van der Waals surface area (Å²) in [6.45, 7) is 2.32. The van der Waals surface area contributed by atoms with Gasteiger partial charge in [0.2, 0.25) is 0 Å². The summed E-state index contributed by atoms with van der Waals surface area (Å²) in [5.74, 6) is 0.320. The quantitative estimate of drug-likeness (QED) is 0.226. The van der Waals surface area contributed by atoms with Crippen molar-refractivity contribution in [2.24, 2.45) is 0 Å². The second kappa shape index (κ2) is 10.4. The van der Waals surface area contributed by atoms with Gasteiger partial charge in [0.15, 0.2) is 0 Å². The molecule has 35 heavy (non-hydrogen) atoms. The molecule has 0 amide bonds. The van der Waals surface area contributed by atoms with Crippen LogP contribution < -0.4 is 4.90 Å². The number of likely N-dealkylation sites (N-methyl/N-ethyl adjacent to an activating group) is 1. The van der Waals surface area contributed by atoms with Gasteiger partial charge in [0.1, 0.15) is 0 Å². The molecule has 2 atom stereocenters. The van der Waals surface area contributed by atoms with Crippen molar-refractivity contribution < 1.29 is 0 Å². The Labute approximate surface area is 213 Å². The van der Waals surface area contributed by atoms with Crippen LogP contribution in [0.4, 0.5) is 5.69 Å². The highest BCUT2D eigenvalue weighted by Crippen LogP contribution is 2.32. The number of hydrogen-bond acceptors (Lipinski definition) is 1. The normalized spacial score (nSPS) is 13.3. The summed E-state index contributed by atoms with van der Waals surface area (Å²) in [6, 6.07) is 39.0. The minimum atomic E-state index is 0.290. The fraction of sp³-hybridized carbons (Fsp3) is 0.152. The Hall–Kier alpha value is -3.55. The van der Waals surface area contributed by atoms with Gasteiger partial charge in [-0.15, -0.1) is 0 Å². The summed E-state index contributed by atoms with van der Waals surface area (Å²) in [5, 5.41) is 5.85. The lowest BCUT2D eigenvalue weighted by Crippen LogP contribution is -2.34. The first-order chi connectivity index (χ1) is 17.1. The fourth-order valence-corrected chi connectivity index (χ4v) is 5.01. The summed E-state index contributed by atoms with van der Waals surface area (Å²) in [5.41, 5.74) is 3.76. The Bertz CT molecular complexity index is 1470. The van der Waals surface area contributed by atoms with Gasteiger partial charge in [-0.1, -0.05) is 103 Å². The van der Waals surface area contributed by atoms with Crippen LogP contribution >= 0.6 is 11.6 Å². The summed E-state index contributed by atoms with van der Waals surface area (Å²) >= 11 is 6.22. The van der Waals surface area contributed by atoms with Crippen LogP contribution in [0.15, 0.2) is 115 Å². The number of anilines is 1. The number of halogens is 1. The van der Waals surface area contributed by atoms with Crippen LogP contribution in [0.3, 0.4) is 0 Å². The van der Waals surface area contributed by atoms with Crippen molar-refractivity contribution >= 4 is 44.9 Å². The van der Waals surface area contributed by atoms with Crippen LogP contribution in [0.25, 0.3) is 27.6 Å². The summed E-state index contributed by atoms with van der Waals surface area (Å²) < 4.78 is 0. The Morgan fingerprint density at radius 3 is 2.00 bits per heavy atom. The molecule has 5 aromatic rings. The Morgan fingerprint density at radius 1 is 0.714 bits per heavy atom. The zero-order valence-electron chi connectivity index (χ0n) is 20.2. The highest BCUT2D eigenvalue weighted by atomic mass is 35.5. The lowest BCUT2D eigenvalue weighted by atomic mass is 9.88. The van der Waals surface area contributed by atoms with Gasteiger partial charge in [-0.2, -0.15) is 0 Å². The third kappa shape index (κ3) is 5.26.